The van der Waals surface area contributed by atoms with E-state index in [9.17, 15) is 18.0 Å². The van der Waals surface area contributed by atoms with Crippen molar-refractivity contribution in [2.75, 3.05) is 18.4 Å². The second-order valence-electron chi connectivity index (χ2n) is 6.43. The van der Waals surface area contributed by atoms with Crippen molar-refractivity contribution in [3.05, 3.63) is 59.7 Å². The van der Waals surface area contributed by atoms with Gasteiger partial charge in [0.25, 0.3) is 0 Å². The first kappa shape index (κ1) is 17.4. The zero-order valence-corrected chi connectivity index (χ0v) is 14.2. The zero-order valence-electron chi connectivity index (χ0n) is 14.2. The molecule has 0 saturated carbocycles. The highest BCUT2D eigenvalue weighted by Crippen LogP contribution is 2.30. The Hall–Kier alpha value is -3.03. The lowest BCUT2D eigenvalue weighted by molar-refractivity contribution is 0.190. The normalized spacial score (nSPS) is 15.3. The minimum absolute atomic E-state index is 0.0847. The van der Waals surface area contributed by atoms with Gasteiger partial charge in [0.2, 0.25) is 0 Å². The summed E-state index contributed by atoms with van der Waals surface area (Å²) in [6.07, 6.45) is 1.28. The molecule has 1 N–H and O–H groups in total. The molecule has 27 heavy (non-hydrogen) atoms. The molecule has 1 aliphatic rings. The predicted molar refractivity (Wildman–Crippen MR) is 92.9 cm³/mol. The highest BCUT2D eigenvalue weighted by molar-refractivity contribution is 5.89. The molecule has 0 aliphatic carbocycles. The average Bonchev–Trinajstić information content (AvgIpc) is 3.13. The van der Waals surface area contributed by atoms with Gasteiger partial charge in [0.05, 0.1) is 5.69 Å². The summed E-state index contributed by atoms with van der Waals surface area (Å²) in [7, 11) is 0. The van der Waals surface area contributed by atoms with Crippen LogP contribution in [0, 0.1) is 17.5 Å². The van der Waals surface area contributed by atoms with Gasteiger partial charge in [-0.1, -0.05) is 12.1 Å². The molecule has 0 spiro atoms. The molecule has 2 amide bonds. The molecule has 1 aliphatic heterocycles. The molecular formula is C19H16F3N3O2. The smallest absolute Gasteiger partial charge is 0.321 e. The minimum atomic E-state index is -1.61. The molecule has 0 unspecified atom stereocenters. The Morgan fingerprint density at radius 1 is 1.07 bits per heavy atom. The van der Waals surface area contributed by atoms with Crippen molar-refractivity contribution >= 4 is 22.8 Å². The molecule has 4 rings (SSSR count). The number of hydrogen-bond donors (Lipinski definition) is 1. The minimum Gasteiger partial charge on any atom is -0.440 e. The molecule has 3 aromatic rings. The number of aromatic nitrogens is 1. The van der Waals surface area contributed by atoms with Gasteiger partial charge in [-0.3, -0.25) is 0 Å². The van der Waals surface area contributed by atoms with Crippen molar-refractivity contribution < 1.29 is 22.4 Å². The molecule has 2 heterocycles. The summed E-state index contributed by atoms with van der Waals surface area (Å²) in [5.74, 6) is -3.60. The summed E-state index contributed by atoms with van der Waals surface area (Å²) in [5.41, 5.74) is 1.13. The molecular weight excluding hydrogens is 359 g/mol. The van der Waals surface area contributed by atoms with E-state index in [0.717, 1.165) is 23.2 Å². The summed E-state index contributed by atoms with van der Waals surface area (Å²) < 4.78 is 45.7. The van der Waals surface area contributed by atoms with E-state index in [1.54, 1.807) is 0 Å². The number of amides is 2. The predicted octanol–water partition coefficient (Wildman–Crippen LogP) is 4.66. The van der Waals surface area contributed by atoms with Gasteiger partial charge in [-0.05, 0) is 37.1 Å². The topological polar surface area (TPSA) is 58.4 Å². The van der Waals surface area contributed by atoms with Crippen LogP contribution in [0.25, 0.3) is 11.1 Å². The fourth-order valence-corrected chi connectivity index (χ4v) is 3.21. The Kier molecular flexibility index (Phi) is 4.47. The van der Waals surface area contributed by atoms with Crippen molar-refractivity contribution in [3.8, 4) is 0 Å². The van der Waals surface area contributed by atoms with Crippen molar-refractivity contribution in [1.82, 2.24) is 9.88 Å². The van der Waals surface area contributed by atoms with Crippen LogP contribution in [0.3, 0.4) is 0 Å². The molecule has 8 heteroatoms. The molecule has 140 valence electrons. The molecule has 0 bridgehead atoms. The van der Waals surface area contributed by atoms with Crippen LogP contribution in [-0.2, 0) is 0 Å². The van der Waals surface area contributed by atoms with Crippen molar-refractivity contribution in [2.45, 2.75) is 18.8 Å². The number of rotatable bonds is 2. The second-order valence-corrected chi connectivity index (χ2v) is 6.43. The molecule has 2 aromatic carbocycles. The third-order valence-corrected chi connectivity index (χ3v) is 4.72. The van der Waals surface area contributed by atoms with E-state index in [-0.39, 0.29) is 11.6 Å². The fraction of sp³-hybridized carbons (Fsp3) is 0.263. The standard InChI is InChI=1S/C19H16F3N3O2/c20-12-5-6-14(17(22)16(12)21)24-19(26)25-9-7-11(8-10-25)18-23-13-3-1-2-4-15(13)27-18/h1-6,11H,7-10H2,(H,24,26). The number of oxazole rings is 1. The SMILES string of the molecule is O=C(Nc1ccc(F)c(F)c1F)N1CCC(c2nc3ccccc3o2)CC1. The number of para-hydroxylation sites is 2. The van der Waals surface area contributed by atoms with Gasteiger partial charge in [0, 0.05) is 19.0 Å². The Balaban J connectivity index is 1.40. The van der Waals surface area contributed by atoms with E-state index in [0.29, 0.717) is 31.8 Å². The van der Waals surface area contributed by atoms with E-state index < -0.39 is 23.5 Å². The first-order valence-electron chi connectivity index (χ1n) is 8.58. The highest BCUT2D eigenvalue weighted by atomic mass is 19.2. The number of urea groups is 1. The van der Waals surface area contributed by atoms with Crippen LogP contribution in [0.2, 0.25) is 0 Å². The summed E-state index contributed by atoms with van der Waals surface area (Å²) in [6.45, 7) is 0.834. The Labute approximate surface area is 152 Å². The lowest BCUT2D eigenvalue weighted by atomic mass is 9.97. The maximum Gasteiger partial charge on any atom is 0.321 e. The largest absolute Gasteiger partial charge is 0.440 e. The van der Waals surface area contributed by atoms with Crippen LogP contribution < -0.4 is 5.32 Å². The van der Waals surface area contributed by atoms with Gasteiger partial charge >= 0.3 is 6.03 Å². The number of piperidine rings is 1. The second kappa shape index (κ2) is 6.94. The van der Waals surface area contributed by atoms with Crippen molar-refractivity contribution in [1.29, 1.82) is 0 Å². The van der Waals surface area contributed by atoms with Crippen molar-refractivity contribution in [2.24, 2.45) is 0 Å². The van der Waals surface area contributed by atoms with Gasteiger partial charge in [-0.25, -0.2) is 22.9 Å². The van der Waals surface area contributed by atoms with Crippen molar-refractivity contribution in [3.63, 3.8) is 0 Å². The number of benzene rings is 2. The monoisotopic (exact) mass is 375 g/mol. The number of halogens is 3. The zero-order chi connectivity index (χ0) is 19.0. The lowest BCUT2D eigenvalue weighted by Crippen LogP contribution is -2.40. The first-order chi connectivity index (χ1) is 13.0. The van der Waals surface area contributed by atoms with Crippen LogP contribution in [0.5, 0.6) is 0 Å². The van der Waals surface area contributed by atoms with Gasteiger partial charge in [0.1, 0.15) is 5.52 Å². The number of carbonyl (C=O) groups excluding carboxylic acids is 1. The third kappa shape index (κ3) is 3.34. The summed E-state index contributed by atoms with van der Waals surface area (Å²) in [4.78, 5) is 18.3. The summed E-state index contributed by atoms with van der Waals surface area (Å²) >= 11 is 0. The van der Waals surface area contributed by atoms with E-state index in [1.165, 1.54) is 4.90 Å². The highest BCUT2D eigenvalue weighted by Gasteiger charge is 2.27. The van der Waals surface area contributed by atoms with Gasteiger partial charge in [0.15, 0.2) is 28.9 Å². The quantitative estimate of drug-likeness (QED) is 0.663. The average molecular weight is 375 g/mol. The van der Waals surface area contributed by atoms with E-state index in [4.69, 9.17) is 4.42 Å². The number of hydrogen-bond acceptors (Lipinski definition) is 3. The number of fused-ring (bicyclic) bond motifs is 1. The van der Waals surface area contributed by atoms with Crippen LogP contribution in [-0.4, -0.2) is 29.0 Å². The number of carbonyl (C=O) groups is 1. The van der Waals surface area contributed by atoms with Crippen LogP contribution in [0.1, 0.15) is 24.7 Å². The molecule has 5 nitrogen and oxygen atoms in total. The van der Waals surface area contributed by atoms with Crippen LogP contribution >= 0.6 is 0 Å². The fourth-order valence-electron chi connectivity index (χ4n) is 3.21. The number of nitrogens with zero attached hydrogens (tertiary/aromatic N) is 2. The Morgan fingerprint density at radius 3 is 2.56 bits per heavy atom. The molecule has 1 fully saturated rings. The van der Waals surface area contributed by atoms with Gasteiger partial charge in [-0.15, -0.1) is 0 Å². The Morgan fingerprint density at radius 2 is 1.81 bits per heavy atom. The van der Waals surface area contributed by atoms with Crippen LogP contribution in [0.4, 0.5) is 23.7 Å². The number of nitrogens with one attached hydrogen (secondary N) is 1. The number of anilines is 1. The summed E-state index contributed by atoms with van der Waals surface area (Å²) in [5, 5.41) is 2.29. The molecule has 1 aromatic heterocycles. The first-order valence-corrected chi connectivity index (χ1v) is 8.58. The summed E-state index contributed by atoms with van der Waals surface area (Å²) in [6, 6.07) is 8.70. The van der Waals surface area contributed by atoms with E-state index in [2.05, 4.69) is 10.3 Å². The van der Waals surface area contributed by atoms with Gasteiger partial charge in [-0.2, -0.15) is 0 Å². The lowest BCUT2D eigenvalue weighted by Gasteiger charge is -2.30. The molecule has 0 atom stereocenters. The molecule has 1 saturated heterocycles. The van der Waals surface area contributed by atoms with Crippen LogP contribution in [0.15, 0.2) is 40.8 Å². The van der Waals surface area contributed by atoms with Gasteiger partial charge < -0.3 is 14.6 Å². The Bertz CT molecular complexity index is 964. The maximum atomic E-state index is 13.7. The third-order valence-electron chi connectivity index (χ3n) is 4.72. The van der Waals surface area contributed by atoms with E-state index in [1.807, 2.05) is 24.3 Å². The maximum absolute atomic E-state index is 13.7. The molecule has 0 radical (unpaired) electrons. The van der Waals surface area contributed by atoms with E-state index >= 15 is 0 Å². The number of likely N-dealkylation sites (tertiary alicyclic amines) is 1.